The molecule has 0 radical (unpaired) electrons. The van der Waals surface area contributed by atoms with E-state index in [0.29, 0.717) is 5.92 Å². The van der Waals surface area contributed by atoms with Crippen molar-refractivity contribution in [2.45, 2.75) is 27.7 Å². The molecule has 0 amide bonds. The van der Waals surface area contributed by atoms with E-state index in [1.807, 2.05) is 0 Å². The van der Waals surface area contributed by atoms with Crippen LogP contribution in [-0.2, 0) is 0 Å². The SMILES string of the molecule is CCNC/C(C)=C/C(C)C. The molecule has 60 valence electrons. The number of hydrogen-bond donors (Lipinski definition) is 1. The van der Waals surface area contributed by atoms with Gasteiger partial charge in [0.05, 0.1) is 0 Å². The summed E-state index contributed by atoms with van der Waals surface area (Å²) in [6, 6.07) is 0. The fraction of sp³-hybridized carbons (Fsp3) is 0.778. The third-order valence-corrected chi connectivity index (χ3v) is 1.27. The molecule has 0 aromatic heterocycles. The summed E-state index contributed by atoms with van der Waals surface area (Å²) in [6.45, 7) is 10.8. The minimum atomic E-state index is 0.679. The molecule has 10 heavy (non-hydrogen) atoms. The highest BCUT2D eigenvalue weighted by Crippen LogP contribution is 1.99. The quantitative estimate of drug-likeness (QED) is 0.592. The molecule has 0 aliphatic carbocycles. The van der Waals surface area contributed by atoms with Gasteiger partial charge in [-0.15, -0.1) is 0 Å². The van der Waals surface area contributed by atoms with Gasteiger partial charge in [0.25, 0.3) is 0 Å². The van der Waals surface area contributed by atoms with Crippen molar-refractivity contribution in [1.29, 1.82) is 0 Å². The lowest BCUT2D eigenvalue weighted by Gasteiger charge is -2.02. The molecule has 0 unspecified atom stereocenters. The maximum Gasteiger partial charge on any atom is 0.0161 e. The van der Waals surface area contributed by atoms with Crippen molar-refractivity contribution < 1.29 is 0 Å². The summed E-state index contributed by atoms with van der Waals surface area (Å²) in [6.07, 6.45) is 2.29. The Morgan fingerprint density at radius 1 is 1.50 bits per heavy atom. The molecule has 0 bridgehead atoms. The molecular formula is C9H19N. The van der Waals surface area contributed by atoms with Crippen molar-refractivity contribution >= 4 is 0 Å². The first-order chi connectivity index (χ1) is 4.66. The Labute approximate surface area is 64.5 Å². The smallest absolute Gasteiger partial charge is 0.0161 e. The average Bonchev–Trinajstić information content (AvgIpc) is 1.82. The van der Waals surface area contributed by atoms with Gasteiger partial charge in [-0.05, 0) is 19.4 Å². The topological polar surface area (TPSA) is 12.0 Å². The summed E-state index contributed by atoms with van der Waals surface area (Å²) >= 11 is 0. The molecule has 1 N–H and O–H groups in total. The molecule has 0 rings (SSSR count). The van der Waals surface area contributed by atoms with Crippen LogP contribution < -0.4 is 5.32 Å². The zero-order valence-electron chi connectivity index (χ0n) is 7.57. The highest BCUT2D eigenvalue weighted by Gasteiger charge is 1.89. The van der Waals surface area contributed by atoms with E-state index < -0.39 is 0 Å². The van der Waals surface area contributed by atoms with E-state index in [1.54, 1.807) is 0 Å². The van der Waals surface area contributed by atoms with E-state index in [9.17, 15) is 0 Å². The maximum atomic E-state index is 3.29. The summed E-state index contributed by atoms with van der Waals surface area (Å²) in [7, 11) is 0. The molecule has 1 heteroatoms. The number of rotatable bonds is 4. The highest BCUT2D eigenvalue weighted by molar-refractivity contribution is 5.01. The Balaban J connectivity index is 3.49. The Bertz CT molecular complexity index is 103. The van der Waals surface area contributed by atoms with Crippen LogP contribution in [-0.4, -0.2) is 13.1 Å². The van der Waals surface area contributed by atoms with Crippen molar-refractivity contribution in [3.8, 4) is 0 Å². The first-order valence-corrected chi connectivity index (χ1v) is 4.04. The second kappa shape index (κ2) is 5.48. The molecule has 0 atom stereocenters. The average molecular weight is 141 g/mol. The number of nitrogens with one attached hydrogen (secondary N) is 1. The Kier molecular flexibility index (Phi) is 5.32. The molecule has 0 fully saturated rings. The molecule has 0 saturated carbocycles. The van der Waals surface area contributed by atoms with Crippen LogP contribution in [0, 0.1) is 5.92 Å². The zero-order chi connectivity index (χ0) is 7.98. The van der Waals surface area contributed by atoms with Crippen LogP contribution in [0.15, 0.2) is 11.6 Å². The number of hydrogen-bond acceptors (Lipinski definition) is 1. The van der Waals surface area contributed by atoms with Crippen LogP contribution in [0.25, 0.3) is 0 Å². The van der Waals surface area contributed by atoms with E-state index in [2.05, 4.69) is 39.1 Å². The zero-order valence-corrected chi connectivity index (χ0v) is 7.57. The Hall–Kier alpha value is -0.300. The third kappa shape index (κ3) is 5.83. The highest BCUT2D eigenvalue weighted by atomic mass is 14.8. The van der Waals surface area contributed by atoms with Crippen LogP contribution >= 0.6 is 0 Å². The van der Waals surface area contributed by atoms with Crippen molar-refractivity contribution in [3.63, 3.8) is 0 Å². The largest absolute Gasteiger partial charge is 0.313 e. The van der Waals surface area contributed by atoms with Crippen molar-refractivity contribution in [2.24, 2.45) is 5.92 Å². The van der Waals surface area contributed by atoms with Crippen LogP contribution in [0.1, 0.15) is 27.7 Å². The van der Waals surface area contributed by atoms with Gasteiger partial charge in [-0.3, -0.25) is 0 Å². The van der Waals surface area contributed by atoms with Gasteiger partial charge < -0.3 is 5.32 Å². The second-order valence-electron chi connectivity index (χ2n) is 3.04. The van der Waals surface area contributed by atoms with E-state index in [1.165, 1.54) is 5.57 Å². The fourth-order valence-corrected chi connectivity index (χ4v) is 0.950. The van der Waals surface area contributed by atoms with Gasteiger partial charge in [-0.1, -0.05) is 32.4 Å². The molecule has 0 spiro atoms. The van der Waals surface area contributed by atoms with E-state index in [0.717, 1.165) is 13.1 Å². The lowest BCUT2D eigenvalue weighted by atomic mass is 10.1. The first-order valence-electron chi connectivity index (χ1n) is 4.04. The molecule has 1 nitrogen and oxygen atoms in total. The third-order valence-electron chi connectivity index (χ3n) is 1.27. The summed E-state index contributed by atoms with van der Waals surface area (Å²) < 4.78 is 0. The summed E-state index contributed by atoms with van der Waals surface area (Å²) in [5.41, 5.74) is 1.44. The van der Waals surface area contributed by atoms with Crippen LogP contribution in [0.5, 0.6) is 0 Å². The van der Waals surface area contributed by atoms with Crippen molar-refractivity contribution in [3.05, 3.63) is 11.6 Å². The minimum absolute atomic E-state index is 0.679. The lowest BCUT2D eigenvalue weighted by Crippen LogP contribution is -2.15. The lowest BCUT2D eigenvalue weighted by molar-refractivity contribution is 0.754. The van der Waals surface area contributed by atoms with Gasteiger partial charge >= 0.3 is 0 Å². The van der Waals surface area contributed by atoms with Gasteiger partial charge in [0.15, 0.2) is 0 Å². The minimum Gasteiger partial charge on any atom is -0.313 e. The van der Waals surface area contributed by atoms with Gasteiger partial charge in [0.2, 0.25) is 0 Å². The van der Waals surface area contributed by atoms with Crippen molar-refractivity contribution in [2.75, 3.05) is 13.1 Å². The van der Waals surface area contributed by atoms with Gasteiger partial charge in [0, 0.05) is 6.54 Å². The molecule has 0 saturated heterocycles. The van der Waals surface area contributed by atoms with Crippen LogP contribution in [0.3, 0.4) is 0 Å². The molecule has 0 aromatic rings. The standard InChI is InChI=1S/C9H19N/c1-5-10-7-9(4)6-8(2)3/h6,8,10H,5,7H2,1-4H3/b9-6+. The van der Waals surface area contributed by atoms with Gasteiger partial charge in [-0.2, -0.15) is 0 Å². The molecule has 0 aromatic carbocycles. The van der Waals surface area contributed by atoms with Crippen LogP contribution in [0.2, 0.25) is 0 Å². The second-order valence-corrected chi connectivity index (χ2v) is 3.04. The monoisotopic (exact) mass is 141 g/mol. The molecule has 0 heterocycles. The summed E-state index contributed by atoms with van der Waals surface area (Å²) in [4.78, 5) is 0. The first kappa shape index (κ1) is 9.70. The predicted octanol–water partition coefficient (Wildman–Crippen LogP) is 2.20. The molecule has 0 aliphatic rings. The Morgan fingerprint density at radius 2 is 2.10 bits per heavy atom. The van der Waals surface area contributed by atoms with Gasteiger partial charge in [-0.25, -0.2) is 0 Å². The maximum absolute atomic E-state index is 3.29. The summed E-state index contributed by atoms with van der Waals surface area (Å²) in [5, 5.41) is 3.29. The Morgan fingerprint density at radius 3 is 2.50 bits per heavy atom. The number of likely N-dealkylation sites (N-methyl/N-ethyl adjacent to an activating group) is 1. The van der Waals surface area contributed by atoms with Crippen molar-refractivity contribution in [1.82, 2.24) is 5.32 Å². The normalized spacial score (nSPS) is 12.7. The van der Waals surface area contributed by atoms with E-state index >= 15 is 0 Å². The molecule has 0 aliphatic heterocycles. The predicted molar refractivity (Wildman–Crippen MR) is 47.1 cm³/mol. The molecular weight excluding hydrogens is 122 g/mol. The fourth-order valence-electron chi connectivity index (χ4n) is 0.950. The summed E-state index contributed by atoms with van der Waals surface area (Å²) in [5.74, 6) is 0.679. The number of allylic oxidation sites excluding steroid dienone is 1. The van der Waals surface area contributed by atoms with E-state index in [4.69, 9.17) is 0 Å². The van der Waals surface area contributed by atoms with Gasteiger partial charge in [0.1, 0.15) is 0 Å². The van der Waals surface area contributed by atoms with E-state index in [-0.39, 0.29) is 0 Å². The van der Waals surface area contributed by atoms with Crippen LogP contribution in [0.4, 0.5) is 0 Å².